The molecular formula is C15H20BrNO3. The highest BCUT2D eigenvalue weighted by Crippen LogP contribution is 2.18. The van der Waals surface area contributed by atoms with E-state index in [1.807, 2.05) is 26.0 Å². The van der Waals surface area contributed by atoms with Gasteiger partial charge in [0.25, 0.3) is 5.91 Å². The summed E-state index contributed by atoms with van der Waals surface area (Å²) in [5.74, 6) is -0.513. The van der Waals surface area contributed by atoms with E-state index in [0.717, 1.165) is 16.5 Å². The van der Waals surface area contributed by atoms with Crippen molar-refractivity contribution < 1.29 is 14.3 Å². The van der Waals surface area contributed by atoms with Crippen LogP contribution in [0.2, 0.25) is 0 Å². The monoisotopic (exact) mass is 341 g/mol. The minimum atomic E-state index is -0.373. The van der Waals surface area contributed by atoms with Crippen molar-refractivity contribution >= 4 is 27.8 Å². The molecule has 0 atom stereocenters. The molecule has 0 aliphatic heterocycles. The summed E-state index contributed by atoms with van der Waals surface area (Å²) in [4.78, 5) is 25.7. The Hall–Kier alpha value is -1.36. The van der Waals surface area contributed by atoms with Crippen molar-refractivity contribution in [2.45, 2.75) is 27.2 Å². The Bertz CT molecular complexity index is 488. The highest BCUT2D eigenvalue weighted by molar-refractivity contribution is 9.10. The van der Waals surface area contributed by atoms with E-state index in [4.69, 9.17) is 4.74 Å². The second-order valence-corrected chi connectivity index (χ2v) is 5.41. The van der Waals surface area contributed by atoms with E-state index in [-0.39, 0.29) is 18.4 Å². The van der Waals surface area contributed by atoms with Gasteiger partial charge in [-0.25, -0.2) is 0 Å². The first-order chi connectivity index (χ1) is 9.49. The number of carbonyl (C=O) groups is 2. The standard InChI is InChI=1S/C15H20BrNO3/c1-4-8-17(10-14(18)20-5-2)15(19)13-9-12(16)7-6-11(13)3/h6-7,9H,4-5,8,10H2,1-3H3. The number of nitrogens with zero attached hydrogens (tertiary/aromatic N) is 1. The number of amides is 1. The summed E-state index contributed by atoms with van der Waals surface area (Å²) in [5, 5.41) is 0. The summed E-state index contributed by atoms with van der Waals surface area (Å²) in [5.41, 5.74) is 1.50. The van der Waals surface area contributed by atoms with Crippen molar-refractivity contribution in [1.82, 2.24) is 4.90 Å². The fourth-order valence-corrected chi connectivity index (χ4v) is 2.24. The summed E-state index contributed by atoms with van der Waals surface area (Å²) >= 11 is 3.37. The van der Waals surface area contributed by atoms with E-state index in [2.05, 4.69) is 15.9 Å². The molecule has 0 unspecified atom stereocenters. The normalized spacial score (nSPS) is 10.2. The number of rotatable bonds is 6. The van der Waals surface area contributed by atoms with Crippen molar-refractivity contribution in [3.05, 3.63) is 33.8 Å². The zero-order valence-corrected chi connectivity index (χ0v) is 13.7. The lowest BCUT2D eigenvalue weighted by molar-refractivity contribution is -0.143. The maximum atomic E-state index is 12.5. The van der Waals surface area contributed by atoms with Gasteiger partial charge in [0.15, 0.2) is 0 Å². The number of benzene rings is 1. The van der Waals surface area contributed by atoms with Crippen LogP contribution in [0.15, 0.2) is 22.7 Å². The number of halogens is 1. The van der Waals surface area contributed by atoms with Crippen LogP contribution in [0.1, 0.15) is 36.2 Å². The van der Waals surface area contributed by atoms with E-state index in [9.17, 15) is 9.59 Å². The van der Waals surface area contributed by atoms with Crippen LogP contribution in [0.3, 0.4) is 0 Å². The Kier molecular flexibility index (Phi) is 6.71. The summed E-state index contributed by atoms with van der Waals surface area (Å²) in [6.07, 6.45) is 0.790. The molecule has 1 aromatic rings. The fourth-order valence-electron chi connectivity index (χ4n) is 1.88. The topological polar surface area (TPSA) is 46.6 Å². The van der Waals surface area contributed by atoms with Crippen LogP contribution >= 0.6 is 15.9 Å². The molecule has 0 aromatic heterocycles. The third kappa shape index (κ3) is 4.63. The van der Waals surface area contributed by atoms with Gasteiger partial charge in [-0.15, -0.1) is 0 Å². The highest BCUT2D eigenvalue weighted by Gasteiger charge is 2.20. The van der Waals surface area contributed by atoms with E-state index in [1.54, 1.807) is 13.0 Å². The van der Waals surface area contributed by atoms with E-state index in [0.29, 0.717) is 18.7 Å². The molecule has 4 nitrogen and oxygen atoms in total. The van der Waals surface area contributed by atoms with Crippen LogP contribution in [-0.4, -0.2) is 36.5 Å². The van der Waals surface area contributed by atoms with Crippen molar-refractivity contribution in [2.24, 2.45) is 0 Å². The van der Waals surface area contributed by atoms with Crippen LogP contribution < -0.4 is 0 Å². The molecule has 0 saturated carbocycles. The van der Waals surface area contributed by atoms with Gasteiger partial charge in [0.2, 0.25) is 0 Å². The van der Waals surface area contributed by atoms with Crippen molar-refractivity contribution in [2.75, 3.05) is 19.7 Å². The largest absolute Gasteiger partial charge is 0.465 e. The minimum absolute atomic E-state index is 0.00747. The molecule has 20 heavy (non-hydrogen) atoms. The maximum absolute atomic E-state index is 12.5. The van der Waals surface area contributed by atoms with Gasteiger partial charge in [0, 0.05) is 16.6 Å². The second-order valence-electron chi connectivity index (χ2n) is 4.49. The third-order valence-electron chi connectivity index (χ3n) is 2.84. The molecule has 0 bridgehead atoms. The van der Waals surface area contributed by atoms with Crippen LogP contribution in [0.25, 0.3) is 0 Å². The molecule has 0 saturated heterocycles. The molecule has 0 heterocycles. The van der Waals surface area contributed by atoms with Gasteiger partial charge < -0.3 is 9.64 Å². The highest BCUT2D eigenvalue weighted by atomic mass is 79.9. The molecule has 0 radical (unpaired) electrons. The van der Waals surface area contributed by atoms with Gasteiger partial charge in [-0.05, 0) is 38.0 Å². The predicted octanol–water partition coefficient (Wildman–Crippen LogP) is 3.17. The first-order valence-corrected chi connectivity index (χ1v) is 7.49. The number of hydrogen-bond donors (Lipinski definition) is 0. The zero-order chi connectivity index (χ0) is 15.1. The smallest absolute Gasteiger partial charge is 0.325 e. The van der Waals surface area contributed by atoms with Gasteiger partial charge in [0.05, 0.1) is 6.61 Å². The van der Waals surface area contributed by atoms with Crippen LogP contribution in [0, 0.1) is 6.92 Å². The Balaban J connectivity index is 2.93. The molecule has 0 N–H and O–H groups in total. The molecule has 1 aromatic carbocycles. The maximum Gasteiger partial charge on any atom is 0.325 e. The Morgan fingerprint density at radius 3 is 2.60 bits per heavy atom. The first-order valence-electron chi connectivity index (χ1n) is 6.70. The molecule has 5 heteroatoms. The number of hydrogen-bond acceptors (Lipinski definition) is 3. The van der Waals surface area contributed by atoms with Crippen LogP contribution in [-0.2, 0) is 9.53 Å². The van der Waals surface area contributed by atoms with Crippen molar-refractivity contribution in [3.63, 3.8) is 0 Å². The zero-order valence-electron chi connectivity index (χ0n) is 12.1. The number of esters is 1. The number of aryl methyl sites for hydroxylation is 1. The Morgan fingerprint density at radius 1 is 1.30 bits per heavy atom. The molecular weight excluding hydrogens is 322 g/mol. The summed E-state index contributed by atoms with van der Waals surface area (Å²) < 4.78 is 5.76. The first kappa shape index (κ1) is 16.7. The van der Waals surface area contributed by atoms with Gasteiger partial charge in [-0.1, -0.05) is 28.9 Å². The van der Waals surface area contributed by atoms with E-state index < -0.39 is 0 Å². The minimum Gasteiger partial charge on any atom is -0.465 e. The van der Waals surface area contributed by atoms with E-state index >= 15 is 0 Å². The van der Waals surface area contributed by atoms with Gasteiger partial charge in [-0.3, -0.25) is 9.59 Å². The number of carbonyl (C=O) groups excluding carboxylic acids is 2. The summed E-state index contributed by atoms with van der Waals surface area (Å²) in [6, 6.07) is 5.55. The molecule has 110 valence electrons. The molecule has 1 amide bonds. The lowest BCUT2D eigenvalue weighted by Crippen LogP contribution is -2.37. The van der Waals surface area contributed by atoms with Gasteiger partial charge in [-0.2, -0.15) is 0 Å². The molecule has 0 aliphatic carbocycles. The van der Waals surface area contributed by atoms with Gasteiger partial charge in [0.1, 0.15) is 6.54 Å². The molecule has 1 rings (SSSR count). The molecule has 0 aliphatic rings. The summed E-state index contributed by atoms with van der Waals surface area (Å²) in [6.45, 7) is 6.45. The summed E-state index contributed by atoms with van der Waals surface area (Å²) in [7, 11) is 0. The lowest BCUT2D eigenvalue weighted by Gasteiger charge is -2.22. The average molecular weight is 342 g/mol. The lowest BCUT2D eigenvalue weighted by atomic mass is 10.1. The van der Waals surface area contributed by atoms with Crippen molar-refractivity contribution in [3.8, 4) is 0 Å². The van der Waals surface area contributed by atoms with Crippen molar-refractivity contribution in [1.29, 1.82) is 0 Å². The van der Waals surface area contributed by atoms with Crippen LogP contribution in [0.5, 0.6) is 0 Å². The fraction of sp³-hybridized carbons (Fsp3) is 0.467. The third-order valence-corrected chi connectivity index (χ3v) is 3.33. The quantitative estimate of drug-likeness (QED) is 0.746. The molecule has 0 spiro atoms. The average Bonchev–Trinajstić information content (AvgIpc) is 2.40. The van der Waals surface area contributed by atoms with Crippen LogP contribution in [0.4, 0.5) is 0 Å². The molecule has 0 fully saturated rings. The SMILES string of the molecule is CCCN(CC(=O)OCC)C(=O)c1cc(Br)ccc1C. The Labute approximate surface area is 128 Å². The van der Waals surface area contributed by atoms with Gasteiger partial charge >= 0.3 is 5.97 Å². The second kappa shape index (κ2) is 8.04. The predicted molar refractivity (Wildman–Crippen MR) is 81.7 cm³/mol. The van der Waals surface area contributed by atoms with E-state index in [1.165, 1.54) is 4.90 Å². The number of ether oxygens (including phenoxy) is 1. The Morgan fingerprint density at radius 2 is 2.00 bits per heavy atom.